The second-order valence-electron chi connectivity index (χ2n) is 6.45. The highest BCUT2D eigenvalue weighted by Gasteiger charge is 2.27. The average Bonchev–Trinajstić information content (AvgIpc) is 2.97. The molecule has 0 N–H and O–H groups in total. The molecule has 2 heterocycles. The van der Waals surface area contributed by atoms with Crippen LogP contribution in [0.1, 0.15) is 37.5 Å². The van der Waals surface area contributed by atoms with Gasteiger partial charge in [-0.25, -0.2) is 0 Å². The normalized spacial score (nSPS) is 21.6. The molecule has 2 atom stereocenters. The zero-order valence-electron chi connectivity index (χ0n) is 13.7. The summed E-state index contributed by atoms with van der Waals surface area (Å²) in [6, 6.07) is 5.72. The Morgan fingerprint density at radius 2 is 2.17 bits per heavy atom. The molecule has 6 heteroatoms. The summed E-state index contributed by atoms with van der Waals surface area (Å²) in [6.45, 7) is 1.77. The molecule has 24 heavy (non-hydrogen) atoms. The van der Waals surface area contributed by atoms with Crippen molar-refractivity contribution in [3.63, 3.8) is 0 Å². The Morgan fingerprint density at radius 3 is 2.96 bits per heavy atom. The molecule has 3 aromatic rings. The SMILES string of the molecule is COC1CCCC(n2c(=O)c3c(C)onc3c3c(Cl)cccc32)C1. The minimum absolute atomic E-state index is 0.0553. The van der Waals surface area contributed by atoms with Gasteiger partial charge in [-0.1, -0.05) is 22.8 Å². The first-order chi connectivity index (χ1) is 11.6. The van der Waals surface area contributed by atoms with E-state index in [0.29, 0.717) is 21.7 Å². The first-order valence-electron chi connectivity index (χ1n) is 8.23. The van der Waals surface area contributed by atoms with Crippen molar-refractivity contribution in [2.45, 2.75) is 44.8 Å². The maximum Gasteiger partial charge on any atom is 0.264 e. The molecule has 2 unspecified atom stereocenters. The van der Waals surface area contributed by atoms with Crippen LogP contribution in [0.4, 0.5) is 0 Å². The second kappa shape index (κ2) is 5.90. The lowest BCUT2D eigenvalue weighted by molar-refractivity contribution is 0.0533. The number of halogens is 1. The van der Waals surface area contributed by atoms with Crippen LogP contribution in [0, 0.1) is 6.92 Å². The molecular formula is C18H19ClN2O3. The van der Waals surface area contributed by atoms with Crippen LogP contribution >= 0.6 is 11.6 Å². The average molecular weight is 347 g/mol. The molecular weight excluding hydrogens is 328 g/mol. The van der Waals surface area contributed by atoms with Gasteiger partial charge in [0.2, 0.25) is 0 Å². The third kappa shape index (κ3) is 2.26. The Balaban J connectivity index is 2.06. The summed E-state index contributed by atoms with van der Waals surface area (Å²) in [6.07, 6.45) is 4.04. The largest absolute Gasteiger partial charge is 0.381 e. The molecule has 0 amide bonds. The maximum absolute atomic E-state index is 13.2. The minimum atomic E-state index is -0.0553. The monoisotopic (exact) mass is 346 g/mol. The maximum atomic E-state index is 13.2. The summed E-state index contributed by atoms with van der Waals surface area (Å²) in [5, 5.41) is 5.98. The highest BCUT2D eigenvalue weighted by atomic mass is 35.5. The Hall–Kier alpha value is -1.85. The molecule has 4 rings (SSSR count). The number of nitrogens with zero attached hydrogens (tertiary/aromatic N) is 2. The zero-order valence-corrected chi connectivity index (χ0v) is 14.5. The number of ether oxygens (including phenoxy) is 1. The van der Waals surface area contributed by atoms with E-state index in [2.05, 4.69) is 5.16 Å². The topological polar surface area (TPSA) is 57.3 Å². The summed E-state index contributed by atoms with van der Waals surface area (Å²) < 4.78 is 12.7. The van der Waals surface area contributed by atoms with Crippen LogP contribution in [0.25, 0.3) is 21.8 Å². The number of aromatic nitrogens is 2. The predicted octanol–water partition coefficient (Wildman–Crippen LogP) is 4.23. The van der Waals surface area contributed by atoms with Crippen molar-refractivity contribution in [2.24, 2.45) is 0 Å². The molecule has 1 fully saturated rings. The quantitative estimate of drug-likeness (QED) is 0.696. The standard InChI is InChI=1S/C18H19ClN2O3/c1-10-15-17(20-24-10)16-13(19)7-4-8-14(16)21(18(15)22)11-5-3-6-12(9-11)23-2/h4,7-8,11-12H,3,5-6,9H2,1-2H3. The Kier molecular flexibility index (Phi) is 3.85. The lowest BCUT2D eigenvalue weighted by Crippen LogP contribution is -2.31. The van der Waals surface area contributed by atoms with Crippen molar-refractivity contribution in [3.8, 4) is 0 Å². The number of hydrogen-bond acceptors (Lipinski definition) is 4. The third-order valence-electron chi connectivity index (χ3n) is 5.08. The molecule has 126 valence electrons. The number of hydrogen-bond donors (Lipinski definition) is 0. The van der Waals surface area contributed by atoms with E-state index < -0.39 is 0 Å². The number of fused-ring (bicyclic) bond motifs is 3. The van der Waals surface area contributed by atoms with E-state index in [9.17, 15) is 4.79 Å². The predicted molar refractivity (Wildman–Crippen MR) is 93.8 cm³/mol. The van der Waals surface area contributed by atoms with Crippen molar-refractivity contribution >= 4 is 33.4 Å². The summed E-state index contributed by atoms with van der Waals surface area (Å²) in [5.74, 6) is 0.532. The highest BCUT2D eigenvalue weighted by molar-refractivity contribution is 6.37. The van der Waals surface area contributed by atoms with Crippen molar-refractivity contribution in [1.29, 1.82) is 0 Å². The van der Waals surface area contributed by atoms with Gasteiger partial charge in [-0.05, 0) is 44.7 Å². The van der Waals surface area contributed by atoms with Gasteiger partial charge in [0, 0.05) is 18.5 Å². The van der Waals surface area contributed by atoms with Crippen molar-refractivity contribution in [1.82, 2.24) is 9.72 Å². The van der Waals surface area contributed by atoms with Crippen LogP contribution in [0.5, 0.6) is 0 Å². The fraction of sp³-hybridized carbons (Fsp3) is 0.444. The molecule has 1 saturated carbocycles. The molecule has 0 radical (unpaired) electrons. The molecule has 0 spiro atoms. The molecule has 0 bridgehead atoms. The van der Waals surface area contributed by atoms with Gasteiger partial charge in [0.25, 0.3) is 5.56 Å². The highest BCUT2D eigenvalue weighted by Crippen LogP contribution is 2.35. The van der Waals surface area contributed by atoms with Crippen molar-refractivity contribution < 1.29 is 9.26 Å². The molecule has 0 saturated heterocycles. The van der Waals surface area contributed by atoms with E-state index in [4.69, 9.17) is 20.9 Å². The van der Waals surface area contributed by atoms with Crippen LogP contribution in [-0.4, -0.2) is 22.9 Å². The van der Waals surface area contributed by atoms with Gasteiger partial charge in [-0.15, -0.1) is 0 Å². The number of benzene rings is 1. The van der Waals surface area contributed by atoms with E-state index in [1.807, 2.05) is 22.8 Å². The van der Waals surface area contributed by atoms with Gasteiger partial charge in [0.05, 0.1) is 16.6 Å². The first-order valence-corrected chi connectivity index (χ1v) is 8.61. The summed E-state index contributed by atoms with van der Waals surface area (Å²) in [4.78, 5) is 13.2. The van der Waals surface area contributed by atoms with E-state index >= 15 is 0 Å². The Morgan fingerprint density at radius 1 is 1.33 bits per heavy atom. The molecule has 2 aromatic heterocycles. The first kappa shape index (κ1) is 15.7. The molecule has 1 aliphatic carbocycles. The number of rotatable bonds is 2. The van der Waals surface area contributed by atoms with Gasteiger partial charge in [-0.3, -0.25) is 4.79 Å². The van der Waals surface area contributed by atoms with E-state index in [1.165, 1.54) is 0 Å². The van der Waals surface area contributed by atoms with Gasteiger partial charge in [0.15, 0.2) is 0 Å². The van der Waals surface area contributed by atoms with Gasteiger partial charge >= 0.3 is 0 Å². The fourth-order valence-corrected chi connectivity index (χ4v) is 4.16. The van der Waals surface area contributed by atoms with Crippen LogP contribution < -0.4 is 5.56 Å². The van der Waals surface area contributed by atoms with Crippen LogP contribution in [-0.2, 0) is 4.74 Å². The smallest absolute Gasteiger partial charge is 0.264 e. The molecule has 1 aliphatic rings. The fourth-order valence-electron chi connectivity index (χ4n) is 3.90. The summed E-state index contributed by atoms with van der Waals surface area (Å²) in [5.41, 5.74) is 1.31. The van der Waals surface area contributed by atoms with Gasteiger partial charge in [-0.2, -0.15) is 0 Å². The Bertz CT molecular complexity index is 976. The van der Waals surface area contributed by atoms with Gasteiger partial charge < -0.3 is 13.8 Å². The number of pyridine rings is 1. The molecule has 1 aromatic carbocycles. The van der Waals surface area contributed by atoms with Crippen molar-refractivity contribution in [3.05, 3.63) is 39.3 Å². The molecule has 5 nitrogen and oxygen atoms in total. The summed E-state index contributed by atoms with van der Waals surface area (Å²) in [7, 11) is 1.73. The zero-order chi connectivity index (χ0) is 16.8. The number of aryl methyl sites for hydroxylation is 1. The second-order valence-corrected chi connectivity index (χ2v) is 6.86. The minimum Gasteiger partial charge on any atom is -0.381 e. The van der Waals surface area contributed by atoms with Crippen LogP contribution in [0.15, 0.2) is 27.5 Å². The van der Waals surface area contributed by atoms with Crippen LogP contribution in [0.3, 0.4) is 0 Å². The Labute approximate surface area is 144 Å². The summed E-state index contributed by atoms with van der Waals surface area (Å²) >= 11 is 6.44. The number of methoxy groups -OCH3 is 1. The lowest BCUT2D eigenvalue weighted by Gasteiger charge is -2.30. The van der Waals surface area contributed by atoms with E-state index in [-0.39, 0.29) is 17.7 Å². The lowest BCUT2D eigenvalue weighted by atomic mass is 9.92. The van der Waals surface area contributed by atoms with Gasteiger partial charge in [0.1, 0.15) is 16.7 Å². The van der Waals surface area contributed by atoms with Crippen molar-refractivity contribution in [2.75, 3.05) is 7.11 Å². The van der Waals surface area contributed by atoms with E-state index in [0.717, 1.165) is 36.6 Å². The molecule has 0 aliphatic heterocycles. The van der Waals surface area contributed by atoms with Crippen LogP contribution in [0.2, 0.25) is 5.02 Å². The third-order valence-corrected chi connectivity index (χ3v) is 5.40. The van der Waals surface area contributed by atoms with E-state index in [1.54, 1.807) is 14.0 Å².